The minimum atomic E-state index is -6.06. The van der Waals surface area contributed by atoms with E-state index in [4.69, 9.17) is 4.74 Å². The number of hydrogen-bond donors (Lipinski definition) is 2. The normalized spacial score (nSPS) is 20.4. The van der Waals surface area contributed by atoms with Gasteiger partial charge in [0.25, 0.3) is 5.60 Å². The van der Waals surface area contributed by atoms with E-state index in [0.29, 0.717) is 0 Å². The molecule has 0 aromatic heterocycles. The van der Waals surface area contributed by atoms with Crippen LogP contribution in [0, 0.1) is 0 Å². The fourth-order valence-corrected chi connectivity index (χ4v) is 2.14. The van der Waals surface area contributed by atoms with Crippen LogP contribution in [-0.2, 0) is 9.53 Å². The first-order chi connectivity index (χ1) is 10.2. The first kappa shape index (κ1) is 19.3. The third-order valence-electron chi connectivity index (χ3n) is 3.37. The highest BCUT2D eigenvalue weighted by molar-refractivity contribution is 5.87. The van der Waals surface area contributed by atoms with E-state index < -0.39 is 60.6 Å². The SMILES string of the molecule is C=C(C)C(=O)OC1CCC(C(O)(C(F)(F)F)C(F)(F)F)=C(O)C1. The Morgan fingerprint density at radius 2 is 1.70 bits per heavy atom. The predicted molar refractivity (Wildman–Crippen MR) is 65.3 cm³/mol. The Morgan fingerprint density at radius 1 is 1.22 bits per heavy atom. The molecular weight excluding hydrogens is 334 g/mol. The van der Waals surface area contributed by atoms with Crippen LogP contribution in [0.1, 0.15) is 26.2 Å². The number of aliphatic hydroxyl groups is 2. The van der Waals surface area contributed by atoms with Gasteiger partial charge in [-0.2, -0.15) is 26.3 Å². The highest BCUT2D eigenvalue weighted by Crippen LogP contribution is 2.51. The molecule has 0 aromatic carbocycles. The number of ether oxygens (including phenoxy) is 1. The zero-order chi connectivity index (χ0) is 18.2. The van der Waals surface area contributed by atoms with Gasteiger partial charge in [0, 0.05) is 17.6 Å². The molecular formula is C13H14F6O4. The lowest BCUT2D eigenvalue weighted by molar-refractivity contribution is -0.354. The molecule has 10 heteroatoms. The molecule has 1 aliphatic carbocycles. The van der Waals surface area contributed by atoms with Gasteiger partial charge in [-0.15, -0.1) is 0 Å². The van der Waals surface area contributed by atoms with Gasteiger partial charge in [-0.25, -0.2) is 4.79 Å². The van der Waals surface area contributed by atoms with Gasteiger partial charge in [-0.3, -0.25) is 0 Å². The molecule has 0 saturated heterocycles. The first-order valence-corrected chi connectivity index (χ1v) is 6.35. The molecule has 0 amide bonds. The Bertz CT molecular complexity index is 518. The minimum Gasteiger partial charge on any atom is -0.512 e. The van der Waals surface area contributed by atoms with Crippen LogP contribution in [0.4, 0.5) is 26.3 Å². The van der Waals surface area contributed by atoms with Crippen molar-refractivity contribution >= 4 is 5.97 Å². The Labute approximate surface area is 127 Å². The Morgan fingerprint density at radius 3 is 2.04 bits per heavy atom. The van der Waals surface area contributed by atoms with E-state index in [1.165, 1.54) is 6.92 Å². The maximum Gasteiger partial charge on any atom is 0.430 e. The van der Waals surface area contributed by atoms with Crippen LogP contribution in [0.5, 0.6) is 0 Å². The van der Waals surface area contributed by atoms with Crippen molar-refractivity contribution in [2.45, 2.75) is 50.2 Å². The molecule has 4 nitrogen and oxygen atoms in total. The summed E-state index contributed by atoms with van der Waals surface area (Å²) in [6.07, 6.45) is -15.3. The second kappa shape index (κ2) is 6.06. The summed E-state index contributed by atoms with van der Waals surface area (Å²) in [5, 5.41) is 18.8. The zero-order valence-electron chi connectivity index (χ0n) is 11.9. The second-order valence-corrected chi connectivity index (χ2v) is 5.18. The van der Waals surface area contributed by atoms with Gasteiger partial charge in [0.2, 0.25) is 0 Å². The number of hydrogen-bond acceptors (Lipinski definition) is 4. The van der Waals surface area contributed by atoms with Crippen molar-refractivity contribution in [1.29, 1.82) is 0 Å². The number of alkyl halides is 6. The minimum absolute atomic E-state index is 0.0126. The lowest BCUT2D eigenvalue weighted by atomic mass is 9.82. The van der Waals surface area contributed by atoms with Gasteiger partial charge in [0.1, 0.15) is 6.10 Å². The summed E-state index contributed by atoms with van der Waals surface area (Å²) in [6.45, 7) is 4.58. The van der Waals surface area contributed by atoms with Gasteiger partial charge in [0.05, 0.1) is 5.76 Å². The highest BCUT2D eigenvalue weighted by atomic mass is 19.4. The topological polar surface area (TPSA) is 66.8 Å². The molecule has 0 spiro atoms. The van der Waals surface area contributed by atoms with Crippen LogP contribution < -0.4 is 0 Å². The maximum absolute atomic E-state index is 12.8. The fraction of sp³-hybridized carbons (Fsp3) is 0.615. The summed E-state index contributed by atoms with van der Waals surface area (Å²) in [6, 6.07) is 0. The van der Waals surface area contributed by atoms with Crippen molar-refractivity contribution in [3.05, 3.63) is 23.5 Å². The molecule has 1 rings (SSSR count). The predicted octanol–water partition coefficient (Wildman–Crippen LogP) is 3.33. The molecule has 0 radical (unpaired) electrons. The Hall–Kier alpha value is -1.71. The number of esters is 1. The van der Waals surface area contributed by atoms with Crippen LogP contribution in [0.25, 0.3) is 0 Å². The molecule has 1 atom stereocenters. The summed E-state index contributed by atoms with van der Waals surface area (Å²) in [7, 11) is 0. The van der Waals surface area contributed by atoms with Crippen molar-refractivity contribution in [2.24, 2.45) is 0 Å². The Kier molecular flexibility index (Phi) is 5.10. The molecule has 0 fully saturated rings. The van der Waals surface area contributed by atoms with Crippen LogP contribution in [0.3, 0.4) is 0 Å². The largest absolute Gasteiger partial charge is 0.512 e. The molecule has 0 aliphatic heterocycles. The monoisotopic (exact) mass is 348 g/mol. The van der Waals surface area contributed by atoms with E-state index in [1.807, 2.05) is 0 Å². The maximum atomic E-state index is 12.8. The van der Waals surface area contributed by atoms with E-state index in [1.54, 1.807) is 0 Å². The van der Waals surface area contributed by atoms with Crippen molar-refractivity contribution in [3.63, 3.8) is 0 Å². The van der Waals surface area contributed by atoms with Gasteiger partial charge < -0.3 is 14.9 Å². The second-order valence-electron chi connectivity index (χ2n) is 5.18. The smallest absolute Gasteiger partial charge is 0.430 e. The van der Waals surface area contributed by atoms with E-state index in [2.05, 4.69) is 6.58 Å². The van der Waals surface area contributed by atoms with E-state index in [-0.39, 0.29) is 5.57 Å². The molecule has 1 unspecified atom stereocenters. The van der Waals surface area contributed by atoms with Gasteiger partial charge >= 0.3 is 18.3 Å². The molecule has 132 valence electrons. The lowest BCUT2D eigenvalue weighted by Gasteiger charge is -2.37. The number of aliphatic hydroxyl groups excluding tert-OH is 1. The van der Waals surface area contributed by atoms with Crippen LogP contribution in [0.15, 0.2) is 23.5 Å². The third kappa shape index (κ3) is 3.62. The van der Waals surface area contributed by atoms with Crippen LogP contribution in [-0.4, -0.2) is 40.2 Å². The van der Waals surface area contributed by atoms with E-state index >= 15 is 0 Å². The molecule has 0 heterocycles. The molecule has 1 aliphatic rings. The molecule has 23 heavy (non-hydrogen) atoms. The van der Waals surface area contributed by atoms with Gasteiger partial charge in [-0.05, 0) is 19.8 Å². The average Bonchev–Trinajstić information content (AvgIpc) is 2.35. The Balaban J connectivity index is 3.14. The summed E-state index contributed by atoms with van der Waals surface area (Å²) in [5.74, 6) is -2.18. The van der Waals surface area contributed by atoms with E-state index in [9.17, 15) is 41.4 Å². The molecule has 0 bridgehead atoms. The summed E-state index contributed by atoms with van der Waals surface area (Å²) >= 11 is 0. The average molecular weight is 348 g/mol. The number of carbonyl (C=O) groups excluding carboxylic acids is 1. The molecule has 0 aromatic rings. The molecule has 2 N–H and O–H groups in total. The van der Waals surface area contributed by atoms with Crippen molar-refractivity contribution in [2.75, 3.05) is 0 Å². The van der Waals surface area contributed by atoms with Crippen LogP contribution in [0.2, 0.25) is 0 Å². The standard InChI is InChI=1S/C13H14F6O4/c1-6(2)10(21)23-7-3-4-8(9(20)5-7)11(22,12(14,15)16)13(17,18)19/h7,20,22H,1,3-5H2,2H3. The first-order valence-electron chi connectivity index (χ1n) is 6.35. The quantitative estimate of drug-likeness (QED) is 0.466. The lowest BCUT2D eigenvalue weighted by Crippen LogP contribution is -2.59. The number of carbonyl (C=O) groups is 1. The zero-order valence-corrected chi connectivity index (χ0v) is 11.9. The van der Waals surface area contributed by atoms with E-state index in [0.717, 1.165) is 0 Å². The van der Waals surface area contributed by atoms with Crippen LogP contribution >= 0.6 is 0 Å². The van der Waals surface area contributed by atoms with Crippen molar-refractivity contribution in [3.8, 4) is 0 Å². The fourth-order valence-electron chi connectivity index (χ4n) is 2.14. The highest BCUT2D eigenvalue weighted by Gasteiger charge is 2.73. The molecule has 0 saturated carbocycles. The number of rotatable bonds is 3. The van der Waals surface area contributed by atoms with Crippen molar-refractivity contribution < 1.29 is 46.1 Å². The summed E-state index contributed by atoms with van der Waals surface area (Å²) < 4.78 is 81.3. The number of halogens is 6. The summed E-state index contributed by atoms with van der Waals surface area (Å²) in [4.78, 5) is 11.3. The third-order valence-corrected chi connectivity index (χ3v) is 3.37. The van der Waals surface area contributed by atoms with Gasteiger partial charge in [-0.1, -0.05) is 6.58 Å². The van der Waals surface area contributed by atoms with Crippen molar-refractivity contribution in [1.82, 2.24) is 0 Å². The van der Waals surface area contributed by atoms with Gasteiger partial charge in [0.15, 0.2) is 0 Å². The summed E-state index contributed by atoms with van der Waals surface area (Å²) in [5.41, 5.74) is -6.74.